The average molecular weight is 321 g/mol. The third-order valence-corrected chi connectivity index (χ3v) is 3.07. The van der Waals surface area contributed by atoms with Crippen LogP contribution in [0.15, 0.2) is 36.5 Å². The van der Waals surface area contributed by atoms with E-state index in [1.165, 1.54) is 6.20 Å². The van der Waals surface area contributed by atoms with Crippen molar-refractivity contribution in [3.05, 3.63) is 57.8 Å². The Morgan fingerprint density at radius 3 is 2.90 bits per heavy atom. The first-order valence-corrected chi connectivity index (χ1v) is 6.68. The maximum Gasteiger partial charge on any atom is 0.275 e. The van der Waals surface area contributed by atoms with E-state index < -0.39 is 5.91 Å². The summed E-state index contributed by atoms with van der Waals surface area (Å²) in [7, 11) is 0. The highest BCUT2D eigenvalue weighted by Gasteiger charge is 2.13. The minimum atomic E-state index is -0.456. The molecule has 21 heavy (non-hydrogen) atoms. The molecule has 0 saturated heterocycles. The predicted octanol–water partition coefficient (Wildman–Crippen LogP) is 2.98. The Morgan fingerprint density at radius 1 is 1.33 bits per heavy atom. The first-order chi connectivity index (χ1) is 10.1. The second kappa shape index (κ2) is 7.09. The molecule has 106 valence electrons. The zero-order valence-corrected chi connectivity index (χ0v) is 12.2. The van der Waals surface area contributed by atoms with E-state index in [0.29, 0.717) is 21.3 Å². The Kier molecular flexibility index (Phi) is 5.18. The number of halogens is 2. The molecular weight excluding hydrogens is 311 g/mol. The van der Waals surface area contributed by atoms with Crippen molar-refractivity contribution in [1.29, 1.82) is 0 Å². The van der Waals surface area contributed by atoms with Gasteiger partial charge in [-0.1, -0.05) is 35.0 Å². The Balaban J connectivity index is 2.31. The van der Waals surface area contributed by atoms with Gasteiger partial charge in [-0.05, 0) is 30.3 Å². The highest BCUT2D eigenvalue weighted by atomic mass is 35.5. The number of anilines is 1. The number of pyridine rings is 1. The van der Waals surface area contributed by atoms with Gasteiger partial charge in [0, 0.05) is 11.2 Å². The van der Waals surface area contributed by atoms with E-state index in [1.807, 2.05) is 0 Å². The van der Waals surface area contributed by atoms with Gasteiger partial charge >= 0.3 is 0 Å². The molecule has 0 unspecified atom stereocenters. The normalized spacial score (nSPS) is 9.67. The van der Waals surface area contributed by atoms with Crippen molar-refractivity contribution in [2.24, 2.45) is 0 Å². The fourth-order valence-electron chi connectivity index (χ4n) is 1.60. The van der Waals surface area contributed by atoms with Crippen molar-refractivity contribution in [2.75, 3.05) is 11.9 Å². The average Bonchev–Trinajstić information content (AvgIpc) is 2.49. The summed E-state index contributed by atoms with van der Waals surface area (Å²) in [5.41, 5.74) is 0.956. The Bertz CT molecular complexity index is 736. The van der Waals surface area contributed by atoms with Gasteiger partial charge in [0.15, 0.2) is 0 Å². The lowest BCUT2D eigenvalue weighted by atomic mass is 10.2. The molecule has 1 amide bonds. The van der Waals surface area contributed by atoms with Crippen LogP contribution in [0.4, 0.5) is 5.69 Å². The lowest BCUT2D eigenvalue weighted by molar-refractivity contribution is 0.102. The SMILES string of the molecule is O=C(Nc1cc(Cl)ccc1Cl)c1ncccc1C#CCO. The van der Waals surface area contributed by atoms with E-state index in [-0.39, 0.29) is 12.3 Å². The number of rotatable bonds is 2. The molecule has 6 heteroatoms. The number of nitrogens with one attached hydrogen (secondary N) is 1. The van der Waals surface area contributed by atoms with Gasteiger partial charge in [0.05, 0.1) is 16.3 Å². The zero-order valence-electron chi connectivity index (χ0n) is 10.7. The van der Waals surface area contributed by atoms with Crippen molar-refractivity contribution in [2.45, 2.75) is 0 Å². The van der Waals surface area contributed by atoms with Gasteiger partial charge in [-0.3, -0.25) is 4.79 Å². The summed E-state index contributed by atoms with van der Waals surface area (Å²) in [6.07, 6.45) is 1.48. The molecule has 0 saturated carbocycles. The molecule has 0 aliphatic carbocycles. The number of aromatic nitrogens is 1. The third kappa shape index (κ3) is 3.96. The van der Waals surface area contributed by atoms with E-state index in [9.17, 15) is 4.79 Å². The molecule has 0 aliphatic rings. The molecule has 0 aliphatic heterocycles. The van der Waals surface area contributed by atoms with Crippen LogP contribution < -0.4 is 5.32 Å². The molecule has 0 fully saturated rings. The molecular formula is C15H10Cl2N2O2. The fraction of sp³-hybridized carbons (Fsp3) is 0.0667. The van der Waals surface area contributed by atoms with Crippen LogP contribution in [-0.4, -0.2) is 22.6 Å². The molecule has 0 radical (unpaired) electrons. The van der Waals surface area contributed by atoms with E-state index in [2.05, 4.69) is 22.1 Å². The highest BCUT2D eigenvalue weighted by Crippen LogP contribution is 2.25. The molecule has 2 N–H and O–H groups in total. The summed E-state index contributed by atoms with van der Waals surface area (Å²) in [5.74, 6) is 4.70. The van der Waals surface area contributed by atoms with Crippen LogP contribution >= 0.6 is 23.2 Å². The topological polar surface area (TPSA) is 62.2 Å². The molecule has 0 spiro atoms. The molecule has 0 atom stereocenters. The molecule has 2 rings (SSSR count). The van der Waals surface area contributed by atoms with Crippen molar-refractivity contribution in [3.8, 4) is 11.8 Å². The van der Waals surface area contributed by atoms with E-state index in [1.54, 1.807) is 30.3 Å². The van der Waals surface area contributed by atoms with Crippen LogP contribution in [0.25, 0.3) is 0 Å². The lowest BCUT2D eigenvalue weighted by Gasteiger charge is -2.08. The van der Waals surface area contributed by atoms with Crippen molar-refractivity contribution < 1.29 is 9.90 Å². The van der Waals surface area contributed by atoms with Crippen LogP contribution in [0.5, 0.6) is 0 Å². The minimum absolute atomic E-state index is 0.148. The first kappa shape index (κ1) is 15.3. The van der Waals surface area contributed by atoms with Gasteiger partial charge in [-0.2, -0.15) is 0 Å². The largest absolute Gasteiger partial charge is 0.384 e. The number of nitrogens with zero attached hydrogens (tertiary/aromatic N) is 1. The van der Waals surface area contributed by atoms with Crippen molar-refractivity contribution >= 4 is 34.8 Å². The summed E-state index contributed by atoms with van der Waals surface area (Å²) in [5, 5.41) is 12.2. The lowest BCUT2D eigenvalue weighted by Crippen LogP contribution is -2.15. The van der Waals surface area contributed by atoms with Gasteiger partial charge in [0.1, 0.15) is 12.3 Å². The number of carbonyl (C=O) groups is 1. The smallest absolute Gasteiger partial charge is 0.275 e. The number of carbonyl (C=O) groups excluding carboxylic acids is 1. The maximum absolute atomic E-state index is 12.3. The third-order valence-electron chi connectivity index (χ3n) is 2.50. The van der Waals surface area contributed by atoms with Crippen LogP contribution in [0.3, 0.4) is 0 Å². The number of benzene rings is 1. The van der Waals surface area contributed by atoms with Gasteiger partial charge in [0.2, 0.25) is 0 Å². The molecule has 2 aromatic rings. The van der Waals surface area contributed by atoms with Crippen LogP contribution in [0.1, 0.15) is 16.1 Å². The summed E-state index contributed by atoms with van der Waals surface area (Å²) in [6, 6.07) is 8.06. The maximum atomic E-state index is 12.3. The van der Waals surface area contributed by atoms with Gasteiger partial charge in [0.25, 0.3) is 5.91 Å². The Morgan fingerprint density at radius 2 is 2.14 bits per heavy atom. The molecule has 1 heterocycles. The molecule has 1 aromatic heterocycles. The van der Waals surface area contributed by atoms with Gasteiger partial charge in [-0.25, -0.2) is 4.98 Å². The van der Waals surface area contributed by atoms with E-state index in [4.69, 9.17) is 28.3 Å². The summed E-state index contributed by atoms with van der Waals surface area (Å²) in [4.78, 5) is 16.3. The highest BCUT2D eigenvalue weighted by molar-refractivity contribution is 6.35. The van der Waals surface area contributed by atoms with Gasteiger partial charge in [-0.15, -0.1) is 0 Å². The number of amides is 1. The second-order valence-corrected chi connectivity index (χ2v) is 4.78. The Hall–Kier alpha value is -2.06. The van der Waals surface area contributed by atoms with Gasteiger partial charge < -0.3 is 10.4 Å². The monoisotopic (exact) mass is 320 g/mol. The van der Waals surface area contributed by atoms with E-state index >= 15 is 0 Å². The fourth-order valence-corrected chi connectivity index (χ4v) is 1.93. The van der Waals surface area contributed by atoms with E-state index in [0.717, 1.165) is 0 Å². The number of hydrogen-bond acceptors (Lipinski definition) is 3. The predicted molar refractivity (Wildman–Crippen MR) is 82.6 cm³/mol. The van der Waals surface area contributed by atoms with Crippen molar-refractivity contribution in [1.82, 2.24) is 4.98 Å². The summed E-state index contributed by atoms with van der Waals surface area (Å²) >= 11 is 11.9. The van der Waals surface area contributed by atoms with Crippen LogP contribution in [-0.2, 0) is 0 Å². The second-order valence-electron chi connectivity index (χ2n) is 3.94. The van der Waals surface area contributed by atoms with Crippen LogP contribution in [0.2, 0.25) is 10.0 Å². The summed E-state index contributed by atoms with van der Waals surface area (Å²) < 4.78 is 0. The minimum Gasteiger partial charge on any atom is -0.384 e. The Labute approximate surface area is 131 Å². The number of aliphatic hydroxyl groups excluding tert-OH is 1. The zero-order chi connectivity index (χ0) is 15.2. The first-order valence-electron chi connectivity index (χ1n) is 5.93. The standard InChI is InChI=1S/C15H10Cl2N2O2/c16-11-5-6-12(17)13(9-11)19-15(21)14-10(4-2-8-20)3-1-7-18-14/h1,3,5-7,9,20H,8H2,(H,19,21). The van der Waals surface area contributed by atoms with Crippen LogP contribution in [0, 0.1) is 11.8 Å². The molecule has 1 aromatic carbocycles. The number of hydrogen-bond donors (Lipinski definition) is 2. The summed E-state index contributed by atoms with van der Waals surface area (Å²) in [6.45, 7) is -0.296. The quantitative estimate of drug-likeness (QED) is 0.836. The number of aliphatic hydroxyl groups is 1. The molecule has 4 nitrogen and oxygen atoms in total. The van der Waals surface area contributed by atoms with Crippen molar-refractivity contribution in [3.63, 3.8) is 0 Å². The molecule has 0 bridgehead atoms.